The molecule has 0 fully saturated rings. The van der Waals surface area contributed by atoms with E-state index in [2.05, 4.69) is 9.47 Å². The van der Waals surface area contributed by atoms with Crippen LogP contribution in [0.5, 0.6) is 0 Å². The summed E-state index contributed by atoms with van der Waals surface area (Å²) in [6, 6.07) is 0. The number of carbonyl (C=O) groups excluding carboxylic acids is 2. The summed E-state index contributed by atoms with van der Waals surface area (Å²) >= 11 is 0. The first-order chi connectivity index (χ1) is 8.30. The summed E-state index contributed by atoms with van der Waals surface area (Å²) in [6.07, 6.45) is -1.24. The Bertz CT molecular complexity index is 327. The average molecular weight is 283 g/mol. The standard InChI is InChI=1S/C9H18NO7P/c1-3-17-9(12)10(7-18(13,14)15)6-4-5-8(11)16-2/h3-7H2,1-2H3,(H2,13,14,15). The van der Waals surface area contributed by atoms with E-state index >= 15 is 0 Å². The highest BCUT2D eigenvalue weighted by Gasteiger charge is 2.24. The molecule has 2 N–H and O–H groups in total. The highest BCUT2D eigenvalue weighted by atomic mass is 31.2. The molecular formula is C9H18NO7P. The van der Waals surface area contributed by atoms with Gasteiger partial charge in [-0.05, 0) is 13.3 Å². The first-order valence-corrected chi connectivity index (χ1v) is 7.13. The van der Waals surface area contributed by atoms with Crippen LogP contribution in [0.15, 0.2) is 0 Å². The Balaban J connectivity index is 4.34. The van der Waals surface area contributed by atoms with E-state index in [9.17, 15) is 14.2 Å². The molecule has 1 amide bonds. The Labute approximate surface area is 105 Å². The number of rotatable bonds is 7. The molecule has 0 heterocycles. The number of esters is 1. The smallest absolute Gasteiger partial charge is 0.410 e. The van der Waals surface area contributed by atoms with Gasteiger partial charge < -0.3 is 19.3 Å². The molecule has 106 valence electrons. The molecule has 0 rings (SSSR count). The predicted molar refractivity (Wildman–Crippen MR) is 61.9 cm³/mol. The fourth-order valence-electron chi connectivity index (χ4n) is 1.17. The molecule has 8 nitrogen and oxygen atoms in total. The van der Waals surface area contributed by atoms with Crippen LogP contribution in [-0.4, -0.2) is 53.3 Å². The monoisotopic (exact) mass is 283 g/mol. The van der Waals surface area contributed by atoms with Crippen LogP contribution in [0.4, 0.5) is 4.79 Å². The van der Waals surface area contributed by atoms with E-state index in [0.29, 0.717) is 0 Å². The van der Waals surface area contributed by atoms with Gasteiger partial charge in [-0.3, -0.25) is 14.3 Å². The van der Waals surface area contributed by atoms with Crippen molar-refractivity contribution in [3.8, 4) is 0 Å². The van der Waals surface area contributed by atoms with Crippen molar-refractivity contribution >= 4 is 19.7 Å². The predicted octanol–water partition coefficient (Wildman–Crippen LogP) is 0.533. The number of hydrogen-bond donors (Lipinski definition) is 2. The van der Waals surface area contributed by atoms with Gasteiger partial charge in [0, 0.05) is 13.0 Å². The maximum atomic E-state index is 11.4. The molecule has 0 bridgehead atoms. The van der Waals surface area contributed by atoms with E-state index < -0.39 is 25.9 Å². The van der Waals surface area contributed by atoms with Crippen LogP contribution in [0.25, 0.3) is 0 Å². The molecule has 0 saturated heterocycles. The van der Waals surface area contributed by atoms with Gasteiger partial charge in [-0.1, -0.05) is 0 Å². The Morgan fingerprint density at radius 2 is 1.94 bits per heavy atom. The topological polar surface area (TPSA) is 113 Å². The van der Waals surface area contributed by atoms with Crippen LogP contribution in [-0.2, 0) is 18.8 Å². The summed E-state index contributed by atoms with van der Waals surface area (Å²) in [6.45, 7) is 1.70. The van der Waals surface area contributed by atoms with Gasteiger partial charge in [-0.2, -0.15) is 0 Å². The van der Waals surface area contributed by atoms with Crippen molar-refractivity contribution in [1.82, 2.24) is 4.90 Å². The van der Waals surface area contributed by atoms with Crippen molar-refractivity contribution < 1.29 is 33.4 Å². The molecule has 0 spiro atoms. The second kappa shape index (κ2) is 8.07. The van der Waals surface area contributed by atoms with Gasteiger partial charge in [0.1, 0.15) is 6.29 Å². The minimum absolute atomic E-state index is 0.0129. The largest absolute Gasteiger partial charge is 0.469 e. The molecule has 0 aliphatic carbocycles. The molecule has 0 aromatic carbocycles. The van der Waals surface area contributed by atoms with Crippen LogP contribution in [0.2, 0.25) is 0 Å². The summed E-state index contributed by atoms with van der Waals surface area (Å²) in [7, 11) is -3.12. The molecule has 0 unspecified atom stereocenters. The van der Waals surface area contributed by atoms with E-state index in [4.69, 9.17) is 9.79 Å². The van der Waals surface area contributed by atoms with Gasteiger partial charge in [0.05, 0.1) is 13.7 Å². The second-order valence-corrected chi connectivity index (χ2v) is 5.06. The third-order valence-corrected chi connectivity index (χ3v) is 2.63. The Hall–Kier alpha value is -1.11. The second-order valence-electron chi connectivity index (χ2n) is 3.45. The van der Waals surface area contributed by atoms with Crippen LogP contribution >= 0.6 is 7.60 Å². The van der Waals surface area contributed by atoms with E-state index in [1.165, 1.54) is 7.11 Å². The van der Waals surface area contributed by atoms with Gasteiger partial charge in [-0.25, -0.2) is 4.79 Å². The zero-order chi connectivity index (χ0) is 14.2. The minimum atomic E-state index is -4.36. The van der Waals surface area contributed by atoms with Gasteiger partial charge in [0.15, 0.2) is 0 Å². The molecule has 0 atom stereocenters. The maximum absolute atomic E-state index is 11.4. The third kappa shape index (κ3) is 8.05. The first kappa shape index (κ1) is 16.9. The van der Waals surface area contributed by atoms with Gasteiger partial charge in [0.2, 0.25) is 0 Å². The van der Waals surface area contributed by atoms with Crippen molar-refractivity contribution in [2.75, 3.05) is 26.5 Å². The lowest BCUT2D eigenvalue weighted by Gasteiger charge is -2.21. The molecule has 0 aromatic heterocycles. The minimum Gasteiger partial charge on any atom is -0.469 e. The number of amides is 1. The Kier molecular flexibility index (Phi) is 7.58. The lowest BCUT2D eigenvalue weighted by Crippen LogP contribution is -2.33. The highest BCUT2D eigenvalue weighted by molar-refractivity contribution is 7.51. The average Bonchev–Trinajstić information content (AvgIpc) is 2.26. The van der Waals surface area contributed by atoms with Gasteiger partial charge >= 0.3 is 19.7 Å². The lowest BCUT2D eigenvalue weighted by molar-refractivity contribution is -0.140. The first-order valence-electron chi connectivity index (χ1n) is 5.33. The van der Waals surface area contributed by atoms with Crippen molar-refractivity contribution in [1.29, 1.82) is 0 Å². The number of methoxy groups -OCH3 is 1. The number of hydrogen-bond acceptors (Lipinski definition) is 5. The maximum Gasteiger partial charge on any atom is 0.410 e. The normalized spacial score (nSPS) is 10.9. The zero-order valence-electron chi connectivity index (χ0n) is 10.4. The third-order valence-electron chi connectivity index (χ3n) is 1.92. The molecule has 9 heteroatoms. The molecule has 0 aliphatic heterocycles. The SMILES string of the molecule is CCOC(=O)N(CCCC(=O)OC)CP(=O)(O)O. The van der Waals surface area contributed by atoms with E-state index in [-0.39, 0.29) is 26.0 Å². The van der Waals surface area contributed by atoms with Crippen LogP contribution in [0.1, 0.15) is 19.8 Å². The molecule has 0 aromatic rings. The van der Waals surface area contributed by atoms with Crippen LogP contribution in [0, 0.1) is 0 Å². The lowest BCUT2D eigenvalue weighted by atomic mass is 10.3. The fraction of sp³-hybridized carbons (Fsp3) is 0.778. The summed E-state index contributed by atoms with van der Waals surface area (Å²) in [4.78, 5) is 40.8. The quantitative estimate of drug-likeness (QED) is 0.517. The molecular weight excluding hydrogens is 265 g/mol. The Morgan fingerprint density at radius 3 is 2.39 bits per heavy atom. The number of ether oxygens (including phenoxy) is 2. The van der Waals surface area contributed by atoms with Crippen molar-refractivity contribution in [2.45, 2.75) is 19.8 Å². The van der Waals surface area contributed by atoms with Gasteiger partial charge in [-0.15, -0.1) is 0 Å². The Morgan fingerprint density at radius 1 is 1.33 bits per heavy atom. The zero-order valence-corrected chi connectivity index (χ0v) is 11.3. The molecule has 0 aliphatic rings. The molecule has 0 saturated carbocycles. The van der Waals surface area contributed by atoms with E-state index in [1.54, 1.807) is 6.92 Å². The van der Waals surface area contributed by atoms with E-state index in [1.807, 2.05) is 0 Å². The fourth-order valence-corrected chi connectivity index (χ4v) is 1.87. The number of nitrogens with zero attached hydrogens (tertiary/aromatic N) is 1. The van der Waals surface area contributed by atoms with Gasteiger partial charge in [0.25, 0.3) is 0 Å². The summed E-state index contributed by atoms with van der Waals surface area (Å²) in [5, 5.41) is 0. The summed E-state index contributed by atoms with van der Waals surface area (Å²) < 4.78 is 19.9. The summed E-state index contributed by atoms with van der Waals surface area (Å²) in [5.74, 6) is -0.449. The van der Waals surface area contributed by atoms with Crippen molar-refractivity contribution in [3.63, 3.8) is 0 Å². The summed E-state index contributed by atoms with van der Waals surface area (Å²) in [5.41, 5.74) is 0. The van der Waals surface area contributed by atoms with Crippen molar-refractivity contribution in [3.05, 3.63) is 0 Å². The molecule has 18 heavy (non-hydrogen) atoms. The van der Waals surface area contributed by atoms with E-state index in [0.717, 1.165) is 4.90 Å². The number of carbonyl (C=O) groups is 2. The molecule has 0 radical (unpaired) electrons. The van der Waals surface area contributed by atoms with Crippen molar-refractivity contribution in [2.24, 2.45) is 0 Å². The van der Waals surface area contributed by atoms with Crippen LogP contribution in [0.3, 0.4) is 0 Å². The van der Waals surface area contributed by atoms with Crippen LogP contribution < -0.4 is 0 Å². The highest BCUT2D eigenvalue weighted by Crippen LogP contribution is 2.35.